The zero-order valence-corrected chi connectivity index (χ0v) is 19.1. The molecule has 0 fully saturated rings. The molecule has 1 N–H and O–H groups in total. The van der Waals surface area contributed by atoms with Crippen LogP contribution >= 0.6 is 23.2 Å². The van der Waals surface area contributed by atoms with Gasteiger partial charge in [-0.25, -0.2) is 0 Å². The molecular formula is C23H28Cl2N2O2. The van der Waals surface area contributed by atoms with Crippen LogP contribution in [0.25, 0.3) is 0 Å². The van der Waals surface area contributed by atoms with E-state index < -0.39 is 11.6 Å². The number of carbonyl (C=O) groups is 2. The minimum atomic E-state index is -0.654. The summed E-state index contributed by atoms with van der Waals surface area (Å²) < 4.78 is 0. The third-order valence-corrected chi connectivity index (χ3v) is 5.08. The monoisotopic (exact) mass is 434 g/mol. The zero-order chi connectivity index (χ0) is 21.8. The highest BCUT2D eigenvalue weighted by Gasteiger charge is 2.28. The molecule has 0 radical (unpaired) electrons. The molecular weight excluding hydrogens is 407 g/mol. The van der Waals surface area contributed by atoms with Crippen molar-refractivity contribution in [2.24, 2.45) is 0 Å². The van der Waals surface area contributed by atoms with Crippen LogP contribution in [0.4, 0.5) is 0 Å². The Bertz CT molecular complexity index is 873. The first kappa shape index (κ1) is 23.2. The van der Waals surface area contributed by atoms with Gasteiger partial charge >= 0.3 is 0 Å². The highest BCUT2D eigenvalue weighted by Crippen LogP contribution is 2.24. The Kier molecular flexibility index (Phi) is 7.73. The SMILES string of the molecule is Cc1ccc(CC(=O)N(Cc2ccc(Cl)cc2Cl)[C@@H](C)C(=O)NC(C)(C)C)cc1. The maximum atomic E-state index is 13.2. The second-order valence-electron chi connectivity index (χ2n) is 8.33. The zero-order valence-electron chi connectivity index (χ0n) is 17.6. The van der Waals surface area contributed by atoms with Gasteiger partial charge in [-0.05, 0) is 57.9 Å². The average Bonchev–Trinajstić information content (AvgIpc) is 2.61. The molecule has 2 rings (SSSR count). The summed E-state index contributed by atoms with van der Waals surface area (Å²) in [6.45, 7) is 9.68. The van der Waals surface area contributed by atoms with Crippen LogP contribution in [0.2, 0.25) is 10.0 Å². The second-order valence-corrected chi connectivity index (χ2v) is 9.18. The molecule has 0 unspecified atom stereocenters. The summed E-state index contributed by atoms with van der Waals surface area (Å²) in [4.78, 5) is 27.5. The fourth-order valence-electron chi connectivity index (χ4n) is 2.87. The molecule has 0 aliphatic heterocycles. The van der Waals surface area contributed by atoms with E-state index in [0.29, 0.717) is 10.0 Å². The van der Waals surface area contributed by atoms with Crippen LogP contribution in [0.5, 0.6) is 0 Å². The first-order chi connectivity index (χ1) is 13.5. The van der Waals surface area contributed by atoms with Crippen LogP contribution in [-0.2, 0) is 22.6 Å². The fraction of sp³-hybridized carbons (Fsp3) is 0.391. The second kappa shape index (κ2) is 9.64. The molecule has 0 aliphatic rings. The number of halogens is 2. The van der Waals surface area contributed by atoms with Gasteiger partial charge in [0.2, 0.25) is 11.8 Å². The standard InChI is InChI=1S/C23H28Cl2N2O2/c1-15-6-8-17(9-7-15)12-21(28)27(16(2)22(29)26-23(3,4)5)14-18-10-11-19(24)13-20(18)25/h6-11,13,16H,12,14H2,1-5H3,(H,26,29)/t16-/m0/s1. The number of hydrogen-bond acceptors (Lipinski definition) is 2. The van der Waals surface area contributed by atoms with Crippen LogP contribution in [0, 0.1) is 6.92 Å². The van der Waals surface area contributed by atoms with Crippen molar-refractivity contribution in [1.29, 1.82) is 0 Å². The number of benzene rings is 2. The highest BCUT2D eigenvalue weighted by molar-refractivity contribution is 6.35. The van der Waals surface area contributed by atoms with E-state index in [1.54, 1.807) is 30.0 Å². The predicted molar refractivity (Wildman–Crippen MR) is 119 cm³/mol. The van der Waals surface area contributed by atoms with Gasteiger partial charge in [-0.15, -0.1) is 0 Å². The van der Waals surface area contributed by atoms with Crippen molar-refractivity contribution in [3.05, 3.63) is 69.2 Å². The van der Waals surface area contributed by atoms with Crippen LogP contribution in [0.1, 0.15) is 44.4 Å². The Hall–Kier alpha value is -2.04. The van der Waals surface area contributed by atoms with E-state index in [1.807, 2.05) is 52.0 Å². The van der Waals surface area contributed by atoms with Gasteiger partial charge in [0, 0.05) is 22.1 Å². The molecule has 0 saturated carbocycles. The molecule has 0 saturated heterocycles. The van der Waals surface area contributed by atoms with E-state index in [0.717, 1.165) is 16.7 Å². The van der Waals surface area contributed by atoms with Gasteiger partial charge in [-0.2, -0.15) is 0 Å². The molecule has 0 aliphatic carbocycles. The van der Waals surface area contributed by atoms with Crippen molar-refractivity contribution in [3.63, 3.8) is 0 Å². The molecule has 0 spiro atoms. The molecule has 2 aromatic rings. The minimum Gasteiger partial charge on any atom is -0.350 e. The summed E-state index contributed by atoms with van der Waals surface area (Å²) in [5.41, 5.74) is 2.37. The van der Waals surface area contributed by atoms with Gasteiger partial charge in [-0.1, -0.05) is 59.1 Å². The molecule has 6 heteroatoms. The van der Waals surface area contributed by atoms with Crippen molar-refractivity contribution < 1.29 is 9.59 Å². The molecule has 29 heavy (non-hydrogen) atoms. The van der Waals surface area contributed by atoms with E-state index >= 15 is 0 Å². The molecule has 2 amide bonds. The summed E-state index contributed by atoms with van der Waals surface area (Å²) >= 11 is 12.3. The fourth-order valence-corrected chi connectivity index (χ4v) is 3.34. The van der Waals surface area contributed by atoms with Gasteiger partial charge in [0.1, 0.15) is 6.04 Å². The summed E-state index contributed by atoms with van der Waals surface area (Å²) in [6, 6.07) is 12.3. The van der Waals surface area contributed by atoms with Crippen LogP contribution in [0.3, 0.4) is 0 Å². The van der Waals surface area contributed by atoms with Gasteiger partial charge < -0.3 is 10.2 Å². The molecule has 0 aromatic heterocycles. The largest absolute Gasteiger partial charge is 0.350 e. The Balaban J connectivity index is 2.29. The third-order valence-electron chi connectivity index (χ3n) is 4.50. The van der Waals surface area contributed by atoms with Crippen molar-refractivity contribution in [1.82, 2.24) is 10.2 Å². The minimum absolute atomic E-state index is 0.142. The molecule has 0 heterocycles. The number of hydrogen-bond donors (Lipinski definition) is 1. The summed E-state index contributed by atoms with van der Waals surface area (Å²) in [5, 5.41) is 3.94. The maximum Gasteiger partial charge on any atom is 0.242 e. The van der Waals surface area contributed by atoms with Crippen LogP contribution < -0.4 is 5.32 Å². The van der Waals surface area contributed by atoms with Crippen LogP contribution in [0.15, 0.2) is 42.5 Å². The van der Waals surface area contributed by atoms with Gasteiger partial charge in [0.15, 0.2) is 0 Å². The number of aryl methyl sites for hydroxylation is 1. The molecule has 0 bridgehead atoms. The van der Waals surface area contributed by atoms with Crippen molar-refractivity contribution >= 4 is 35.0 Å². The lowest BCUT2D eigenvalue weighted by molar-refractivity contribution is -0.140. The molecule has 2 aromatic carbocycles. The quantitative estimate of drug-likeness (QED) is 0.680. The molecule has 1 atom stereocenters. The summed E-state index contributed by atoms with van der Waals surface area (Å²) in [6.07, 6.45) is 0.207. The average molecular weight is 435 g/mol. The topological polar surface area (TPSA) is 49.4 Å². The number of amides is 2. The van der Waals surface area contributed by atoms with Crippen LogP contribution in [-0.4, -0.2) is 28.3 Å². The van der Waals surface area contributed by atoms with E-state index in [2.05, 4.69) is 5.32 Å². The summed E-state index contributed by atoms with van der Waals surface area (Å²) in [5.74, 6) is -0.351. The van der Waals surface area contributed by atoms with Gasteiger partial charge in [0.05, 0.1) is 6.42 Å². The molecule has 4 nitrogen and oxygen atoms in total. The Morgan fingerprint density at radius 3 is 2.24 bits per heavy atom. The first-order valence-corrected chi connectivity index (χ1v) is 10.3. The van der Waals surface area contributed by atoms with Crippen molar-refractivity contribution in [2.45, 2.75) is 59.2 Å². The lowest BCUT2D eigenvalue weighted by atomic mass is 10.1. The highest BCUT2D eigenvalue weighted by atomic mass is 35.5. The van der Waals surface area contributed by atoms with Crippen molar-refractivity contribution in [2.75, 3.05) is 0 Å². The van der Waals surface area contributed by atoms with Crippen molar-refractivity contribution in [3.8, 4) is 0 Å². The lowest BCUT2D eigenvalue weighted by Gasteiger charge is -2.31. The predicted octanol–water partition coefficient (Wildman–Crippen LogP) is 5.18. The Labute approximate surface area is 183 Å². The number of nitrogens with one attached hydrogen (secondary N) is 1. The smallest absolute Gasteiger partial charge is 0.242 e. The third kappa shape index (κ3) is 7.06. The number of carbonyl (C=O) groups excluding carboxylic acids is 2. The normalized spacial score (nSPS) is 12.4. The number of nitrogens with zero attached hydrogens (tertiary/aromatic N) is 1. The van der Waals surface area contributed by atoms with Gasteiger partial charge in [0.25, 0.3) is 0 Å². The maximum absolute atomic E-state index is 13.2. The van der Waals surface area contributed by atoms with E-state index in [1.165, 1.54) is 0 Å². The van der Waals surface area contributed by atoms with Gasteiger partial charge in [-0.3, -0.25) is 9.59 Å². The Morgan fingerprint density at radius 1 is 1.07 bits per heavy atom. The summed E-state index contributed by atoms with van der Waals surface area (Å²) in [7, 11) is 0. The number of rotatable bonds is 6. The lowest BCUT2D eigenvalue weighted by Crippen LogP contribution is -2.52. The first-order valence-electron chi connectivity index (χ1n) is 9.57. The van der Waals surface area contributed by atoms with E-state index in [-0.39, 0.29) is 24.8 Å². The van der Waals surface area contributed by atoms with E-state index in [9.17, 15) is 9.59 Å². The molecule has 156 valence electrons. The van der Waals surface area contributed by atoms with E-state index in [4.69, 9.17) is 23.2 Å². The Morgan fingerprint density at radius 2 is 1.69 bits per heavy atom.